The van der Waals surface area contributed by atoms with Gasteiger partial charge < -0.3 is 0 Å². The third-order valence-corrected chi connectivity index (χ3v) is 7.02. The summed E-state index contributed by atoms with van der Waals surface area (Å²) in [6.45, 7) is 4.40. The highest BCUT2D eigenvalue weighted by Crippen LogP contribution is 2.24. The molecule has 0 fully saturated rings. The Morgan fingerprint density at radius 1 is 0.583 bits per heavy atom. The first kappa shape index (κ1) is 25.7. The normalized spacial score (nSPS) is 10.9. The Balaban J connectivity index is 1.36. The number of unbranched alkanes of at least 4 members (excludes halogenated alkanes) is 4. The number of halogens is 1. The molecule has 0 saturated heterocycles. The molecule has 0 atom stereocenters. The fourth-order valence-corrected chi connectivity index (χ4v) is 4.66. The van der Waals surface area contributed by atoms with Crippen molar-refractivity contribution in [2.24, 2.45) is 0 Å². The van der Waals surface area contributed by atoms with E-state index in [0.717, 1.165) is 54.2 Å². The van der Waals surface area contributed by atoms with Gasteiger partial charge in [-0.2, -0.15) is 0 Å². The van der Waals surface area contributed by atoms with Crippen molar-refractivity contribution in [1.29, 1.82) is 0 Å². The van der Waals surface area contributed by atoms with Gasteiger partial charge in [-0.25, -0.2) is 4.39 Å². The Labute approximate surface area is 216 Å². The van der Waals surface area contributed by atoms with Gasteiger partial charge in [0.1, 0.15) is 5.82 Å². The van der Waals surface area contributed by atoms with Gasteiger partial charge in [0.2, 0.25) is 0 Å². The molecular weight excluding hydrogens is 439 g/mol. The highest BCUT2D eigenvalue weighted by Gasteiger charge is 2.08. The van der Waals surface area contributed by atoms with E-state index >= 15 is 4.39 Å². The molecule has 0 amide bonds. The predicted octanol–water partition coefficient (Wildman–Crippen LogP) is 9.24. The molecule has 0 aliphatic heterocycles. The van der Waals surface area contributed by atoms with Crippen LogP contribution >= 0.6 is 0 Å². The van der Waals surface area contributed by atoms with Crippen LogP contribution in [-0.2, 0) is 25.7 Å². The molecule has 0 aliphatic carbocycles. The van der Waals surface area contributed by atoms with Crippen LogP contribution in [0.15, 0.2) is 78.9 Å². The van der Waals surface area contributed by atoms with Crippen LogP contribution in [0.25, 0.3) is 10.8 Å². The Morgan fingerprint density at radius 2 is 1.19 bits per heavy atom. The van der Waals surface area contributed by atoms with Crippen LogP contribution in [0.4, 0.5) is 4.39 Å². The van der Waals surface area contributed by atoms with Gasteiger partial charge in [-0.15, -0.1) is 0 Å². The van der Waals surface area contributed by atoms with Gasteiger partial charge >= 0.3 is 0 Å². The van der Waals surface area contributed by atoms with E-state index in [9.17, 15) is 0 Å². The number of hydrogen-bond acceptors (Lipinski definition) is 0. The molecule has 4 rings (SSSR count). The zero-order valence-electron chi connectivity index (χ0n) is 21.7. The van der Waals surface area contributed by atoms with Crippen LogP contribution in [-0.4, -0.2) is 0 Å². The van der Waals surface area contributed by atoms with E-state index in [4.69, 9.17) is 0 Å². The van der Waals surface area contributed by atoms with Gasteiger partial charge in [-0.1, -0.05) is 106 Å². The average molecular weight is 477 g/mol. The van der Waals surface area contributed by atoms with Crippen molar-refractivity contribution in [3.8, 4) is 11.8 Å². The lowest BCUT2D eigenvalue weighted by molar-refractivity contribution is 0.595. The van der Waals surface area contributed by atoms with Crippen molar-refractivity contribution in [3.63, 3.8) is 0 Å². The standard InChI is InChI=1S/C35H37F/c1-3-5-6-7-8-9-32-23-24-33-26-31(22-25-34(33)35(32)36)21-20-30-18-16-29(17-19-30)15-14-28-12-10-27(4-2)11-13-28/h10-13,16-19,22-26H,3-9,14-15H2,1-2H3. The zero-order valence-corrected chi connectivity index (χ0v) is 21.7. The molecule has 0 aromatic heterocycles. The number of hydrogen-bond donors (Lipinski definition) is 0. The molecule has 0 heterocycles. The van der Waals surface area contributed by atoms with Gasteiger partial charge in [0.15, 0.2) is 0 Å². The highest BCUT2D eigenvalue weighted by molar-refractivity contribution is 5.85. The number of rotatable bonds is 10. The summed E-state index contributed by atoms with van der Waals surface area (Å²) in [5.41, 5.74) is 6.82. The minimum absolute atomic E-state index is 0.0700. The maximum Gasteiger partial charge on any atom is 0.134 e. The molecule has 4 aromatic rings. The largest absolute Gasteiger partial charge is 0.206 e. The summed E-state index contributed by atoms with van der Waals surface area (Å²) in [7, 11) is 0. The summed E-state index contributed by atoms with van der Waals surface area (Å²) < 4.78 is 15.0. The minimum Gasteiger partial charge on any atom is -0.206 e. The smallest absolute Gasteiger partial charge is 0.134 e. The molecule has 0 bridgehead atoms. The fraction of sp³-hybridized carbons (Fsp3) is 0.314. The molecule has 0 unspecified atom stereocenters. The predicted molar refractivity (Wildman–Crippen MR) is 152 cm³/mol. The van der Waals surface area contributed by atoms with Gasteiger partial charge in [0, 0.05) is 16.5 Å². The van der Waals surface area contributed by atoms with Crippen LogP contribution in [0.2, 0.25) is 0 Å². The summed E-state index contributed by atoms with van der Waals surface area (Å²) in [5, 5.41) is 1.61. The van der Waals surface area contributed by atoms with E-state index in [2.05, 4.69) is 74.2 Å². The van der Waals surface area contributed by atoms with E-state index in [1.807, 2.05) is 30.3 Å². The van der Waals surface area contributed by atoms with Gasteiger partial charge in [0.05, 0.1) is 0 Å². The molecule has 0 nitrogen and oxygen atoms in total. The lowest BCUT2D eigenvalue weighted by Crippen LogP contribution is -1.93. The molecule has 0 N–H and O–H groups in total. The molecule has 184 valence electrons. The SMILES string of the molecule is CCCCCCCc1ccc2cc(C#Cc3ccc(CCc4ccc(CC)cc4)cc3)ccc2c1F. The lowest BCUT2D eigenvalue weighted by Gasteiger charge is -2.07. The van der Waals surface area contributed by atoms with Crippen LogP contribution in [0.1, 0.15) is 79.3 Å². The lowest BCUT2D eigenvalue weighted by atomic mass is 9.99. The second-order valence-corrected chi connectivity index (χ2v) is 9.76. The van der Waals surface area contributed by atoms with Crippen LogP contribution in [0, 0.1) is 17.7 Å². The number of benzene rings is 4. The first-order valence-corrected chi connectivity index (χ1v) is 13.6. The quantitative estimate of drug-likeness (QED) is 0.158. The second-order valence-electron chi connectivity index (χ2n) is 9.76. The van der Waals surface area contributed by atoms with Crippen molar-refractivity contribution in [2.75, 3.05) is 0 Å². The molecule has 36 heavy (non-hydrogen) atoms. The maximum absolute atomic E-state index is 15.0. The van der Waals surface area contributed by atoms with Crippen molar-refractivity contribution < 1.29 is 4.39 Å². The molecule has 0 aliphatic rings. The van der Waals surface area contributed by atoms with Gasteiger partial charge in [-0.05, 0) is 84.0 Å². The van der Waals surface area contributed by atoms with Crippen LogP contribution in [0.3, 0.4) is 0 Å². The minimum atomic E-state index is -0.0700. The summed E-state index contributed by atoms with van der Waals surface area (Å²) in [6.07, 6.45) is 9.93. The van der Waals surface area contributed by atoms with Gasteiger partial charge in [0.25, 0.3) is 0 Å². The molecule has 0 saturated carbocycles. The fourth-order valence-electron chi connectivity index (χ4n) is 4.66. The summed E-state index contributed by atoms with van der Waals surface area (Å²) in [6, 6.07) is 27.3. The average Bonchev–Trinajstić information content (AvgIpc) is 2.92. The Kier molecular flexibility index (Phi) is 9.34. The summed E-state index contributed by atoms with van der Waals surface area (Å²) >= 11 is 0. The van der Waals surface area contributed by atoms with Crippen LogP contribution < -0.4 is 0 Å². The Hall–Kier alpha value is -3.37. The van der Waals surface area contributed by atoms with E-state index in [1.54, 1.807) is 0 Å². The van der Waals surface area contributed by atoms with E-state index in [0.29, 0.717) is 5.39 Å². The van der Waals surface area contributed by atoms with Gasteiger partial charge in [-0.3, -0.25) is 0 Å². The molecule has 1 heteroatoms. The molecule has 4 aromatic carbocycles. The molecule has 0 spiro atoms. The number of aryl methyl sites for hydroxylation is 4. The summed E-state index contributed by atoms with van der Waals surface area (Å²) in [5.74, 6) is 6.45. The zero-order chi connectivity index (χ0) is 25.2. The molecule has 0 radical (unpaired) electrons. The van der Waals surface area contributed by atoms with Crippen molar-refractivity contribution in [2.45, 2.75) is 71.6 Å². The van der Waals surface area contributed by atoms with E-state index in [1.165, 1.54) is 42.4 Å². The number of fused-ring (bicyclic) bond motifs is 1. The summed E-state index contributed by atoms with van der Waals surface area (Å²) in [4.78, 5) is 0. The first-order chi connectivity index (χ1) is 17.7. The van der Waals surface area contributed by atoms with Crippen molar-refractivity contribution in [3.05, 3.63) is 118 Å². The topological polar surface area (TPSA) is 0 Å². The molecular formula is C35H37F. The maximum atomic E-state index is 15.0. The van der Waals surface area contributed by atoms with Crippen molar-refractivity contribution >= 4 is 10.8 Å². The third-order valence-electron chi connectivity index (χ3n) is 7.02. The highest BCUT2D eigenvalue weighted by atomic mass is 19.1. The van der Waals surface area contributed by atoms with E-state index < -0.39 is 0 Å². The van der Waals surface area contributed by atoms with Crippen molar-refractivity contribution in [1.82, 2.24) is 0 Å². The second kappa shape index (κ2) is 13.1. The third kappa shape index (κ3) is 7.08. The first-order valence-electron chi connectivity index (χ1n) is 13.6. The Morgan fingerprint density at radius 3 is 1.89 bits per heavy atom. The monoisotopic (exact) mass is 476 g/mol. The van der Waals surface area contributed by atoms with Crippen LogP contribution in [0.5, 0.6) is 0 Å². The Bertz CT molecular complexity index is 1320. The van der Waals surface area contributed by atoms with E-state index in [-0.39, 0.29) is 5.82 Å².